The van der Waals surface area contributed by atoms with Crippen molar-refractivity contribution >= 4 is 0 Å². The van der Waals surface area contributed by atoms with Gasteiger partial charge < -0.3 is 16.0 Å². The average molecular weight is 213 g/mol. The molecule has 0 saturated carbocycles. The van der Waals surface area contributed by atoms with Gasteiger partial charge in [-0.25, -0.2) is 0 Å². The first-order chi connectivity index (χ1) is 7.01. The van der Waals surface area contributed by atoms with Crippen LogP contribution in [0.15, 0.2) is 0 Å². The van der Waals surface area contributed by atoms with Gasteiger partial charge in [-0.3, -0.25) is 0 Å². The number of hydrogen-bond donors (Lipinski definition) is 2. The molecule has 3 heteroatoms. The standard InChI is InChI=1S/C12H27N3/c1-12(2,13)10-15-8-5-11(6-9-15)4-7-14-3/h11,14H,4-10,13H2,1-3H3. The predicted molar refractivity (Wildman–Crippen MR) is 66.0 cm³/mol. The van der Waals surface area contributed by atoms with E-state index in [0.29, 0.717) is 0 Å². The van der Waals surface area contributed by atoms with E-state index in [0.717, 1.165) is 19.0 Å². The van der Waals surface area contributed by atoms with E-state index in [9.17, 15) is 0 Å². The molecule has 0 spiro atoms. The van der Waals surface area contributed by atoms with Gasteiger partial charge in [0.1, 0.15) is 0 Å². The lowest BCUT2D eigenvalue weighted by molar-refractivity contribution is 0.154. The highest BCUT2D eigenvalue weighted by molar-refractivity contribution is 4.81. The van der Waals surface area contributed by atoms with Crippen LogP contribution in [0.4, 0.5) is 0 Å². The fourth-order valence-electron chi connectivity index (χ4n) is 2.36. The third-order valence-electron chi connectivity index (χ3n) is 3.14. The van der Waals surface area contributed by atoms with Gasteiger partial charge in [-0.15, -0.1) is 0 Å². The molecule has 3 N–H and O–H groups in total. The molecule has 1 aliphatic heterocycles. The highest BCUT2D eigenvalue weighted by Gasteiger charge is 2.22. The Bertz CT molecular complexity index is 166. The van der Waals surface area contributed by atoms with Crippen molar-refractivity contribution in [2.45, 2.75) is 38.6 Å². The Hall–Kier alpha value is -0.120. The Morgan fingerprint density at radius 1 is 1.33 bits per heavy atom. The maximum absolute atomic E-state index is 6.03. The summed E-state index contributed by atoms with van der Waals surface area (Å²) in [4.78, 5) is 2.51. The summed E-state index contributed by atoms with van der Waals surface area (Å²) in [7, 11) is 2.03. The maximum atomic E-state index is 6.03. The van der Waals surface area contributed by atoms with Crippen LogP contribution in [0.2, 0.25) is 0 Å². The van der Waals surface area contributed by atoms with Crippen LogP contribution in [-0.4, -0.2) is 43.7 Å². The van der Waals surface area contributed by atoms with Gasteiger partial charge in [0.15, 0.2) is 0 Å². The van der Waals surface area contributed by atoms with Crippen LogP contribution in [0, 0.1) is 5.92 Å². The highest BCUT2D eigenvalue weighted by atomic mass is 15.1. The van der Waals surface area contributed by atoms with Crippen LogP contribution in [0.5, 0.6) is 0 Å². The molecule has 15 heavy (non-hydrogen) atoms. The summed E-state index contributed by atoms with van der Waals surface area (Å²) in [6.45, 7) is 8.88. The number of rotatable bonds is 5. The second kappa shape index (κ2) is 5.83. The molecule has 0 aliphatic carbocycles. The van der Waals surface area contributed by atoms with E-state index in [1.54, 1.807) is 0 Å². The Labute approximate surface area is 94.4 Å². The van der Waals surface area contributed by atoms with Crippen molar-refractivity contribution < 1.29 is 0 Å². The molecule has 0 aromatic rings. The summed E-state index contributed by atoms with van der Waals surface area (Å²) in [6.07, 6.45) is 4.02. The van der Waals surface area contributed by atoms with Crippen LogP contribution < -0.4 is 11.1 Å². The third kappa shape index (κ3) is 5.50. The van der Waals surface area contributed by atoms with Gasteiger partial charge in [-0.05, 0) is 65.7 Å². The Balaban J connectivity index is 2.18. The third-order valence-corrected chi connectivity index (χ3v) is 3.14. The molecule has 0 atom stereocenters. The number of nitrogens with zero attached hydrogens (tertiary/aromatic N) is 1. The number of nitrogens with two attached hydrogens (primary N) is 1. The van der Waals surface area contributed by atoms with E-state index in [1.807, 2.05) is 7.05 Å². The van der Waals surface area contributed by atoms with Crippen LogP contribution in [0.25, 0.3) is 0 Å². The molecule has 1 heterocycles. The topological polar surface area (TPSA) is 41.3 Å². The molecule has 0 radical (unpaired) electrons. The Morgan fingerprint density at radius 3 is 2.40 bits per heavy atom. The van der Waals surface area contributed by atoms with Crippen LogP contribution in [-0.2, 0) is 0 Å². The first kappa shape index (κ1) is 12.9. The molecule has 0 amide bonds. The molecular weight excluding hydrogens is 186 g/mol. The molecule has 0 aromatic heterocycles. The minimum atomic E-state index is -0.0438. The van der Waals surface area contributed by atoms with E-state index in [4.69, 9.17) is 5.73 Å². The zero-order valence-electron chi connectivity index (χ0n) is 10.6. The smallest absolute Gasteiger partial charge is 0.0226 e. The fourth-order valence-corrected chi connectivity index (χ4v) is 2.36. The maximum Gasteiger partial charge on any atom is 0.0226 e. The van der Waals surface area contributed by atoms with Crippen molar-refractivity contribution in [2.75, 3.05) is 33.2 Å². The second-order valence-corrected chi connectivity index (χ2v) is 5.60. The van der Waals surface area contributed by atoms with Gasteiger partial charge in [0.2, 0.25) is 0 Å². The van der Waals surface area contributed by atoms with Crippen molar-refractivity contribution in [1.29, 1.82) is 0 Å². The minimum absolute atomic E-state index is 0.0438. The SMILES string of the molecule is CNCCC1CCN(CC(C)(C)N)CC1. The number of nitrogens with one attached hydrogen (secondary N) is 1. The lowest BCUT2D eigenvalue weighted by Crippen LogP contribution is -2.48. The fraction of sp³-hybridized carbons (Fsp3) is 1.00. The minimum Gasteiger partial charge on any atom is -0.324 e. The molecule has 1 fully saturated rings. The number of piperidine rings is 1. The van der Waals surface area contributed by atoms with Crippen LogP contribution >= 0.6 is 0 Å². The van der Waals surface area contributed by atoms with Crippen molar-refractivity contribution in [3.63, 3.8) is 0 Å². The first-order valence-corrected chi connectivity index (χ1v) is 6.17. The molecule has 1 aliphatic rings. The molecule has 90 valence electrons. The monoisotopic (exact) mass is 213 g/mol. The summed E-state index contributed by atoms with van der Waals surface area (Å²) in [5.41, 5.74) is 5.99. The van der Waals surface area contributed by atoms with E-state index in [2.05, 4.69) is 24.1 Å². The molecule has 1 saturated heterocycles. The van der Waals surface area contributed by atoms with Crippen LogP contribution in [0.3, 0.4) is 0 Å². The van der Waals surface area contributed by atoms with Crippen molar-refractivity contribution in [1.82, 2.24) is 10.2 Å². The number of hydrogen-bond acceptors (Lipinski definition) is 3. The van der Waals surface area contributed by atoms with Crippen molar-refractivity contribution in [3.8, 4) is 0 Å². The van der Waals surface area contributed by atoms with Gasteiger partial charge >= 0.3 is 0 Å². The van der Waals surface area contributed by atoms with Gasteiger partial charge in [0, 0.05) is 12.1 Å². The van der Waals surface area contributed by atoms with Gasteiger partial charge in [0.05, 0.1) is 0 Å². The van der Waals surface area contributed by atoms with E-state index in [1.165, 1.54) is 32.4 Å². The summed E-state index contributed by atoms with van der Waals surface area (Å²) in [6, 6.07) is 0. The Morgan fingerprint density at radius 2 is 1.93 bits per heavy atom. The summed E-state index contributed by atoms with van der Waals surface area (Å²) in [5.74, 6) is 0.926. The van der Waals surface area contributed by atoms with E-state index in [-0.39, 0.29) is 5.54 Å². The molecule has 3 nitrogen and oxygen atoms in total. The average Bonchev–Trinajstić information content (AvgIpc) is 2.14. The second-order valence-electron chi connectivity index (χ2n) is 5.60. The highest BCUT2D eigenvalue weighted by Crippen LogP contribution is 2.20. The van der Waals surface area contributed by atoms with E-state index >= 15 is 0 Å². The van der Waals surface area contributed by atoms with Crippen molar-refractivity contribution in [3.05, 3.63) is 0 Å². The summed E-state index contributed by atoms with van der Waals surface area (Å²) in [5, 5.41) is 3.23. The summed E-state index contributed by atoms with van der Waals surface area (Å²) < 4.78 is 0. The molecule has 0 bridgehead atoms. The van der Waals surface area contributed by atoms with Crippen LogP contribution in [0.1, 0.15) is 33.1 Å². The van der Waals surface area contributed by atoms with Gasteiger partial charge in [-0.2, -0.15) is 0 Å². The van der Waals surface area contributed by atoms with Gasteiger partial charge in [0.25, 0.3) is 0 Å². The lowest BCUT2D eigenvalue weighted by Gasteiger charge is -2.35. The van der Waals surface area contributed by atoms with Crippen molar-refractivity contribution in [2.24, 2.45) is 11.7 Å². The quantitative estimate of drug-likeness (QED) is 0.717. The van der Waals surface area contributed by atoms with Gasteiger partial charge in [-0.1, -0.05) is 0 Å². The first-order valence-electron chi connectivity index (χ1n) is 6.17. The number of likely N-dealkylation sites (tertiary alicyclic amines) is 1. The normalized spacial score (nSPS) is 20.8. The zero-order valence-corrected chi connectivity index (χ0v) is 10.6. The molecule has 1 rings (SSSR count). The largest absolute Gasteiger partial charge is 0.324 e. The Kier molecular flexibility index (Phi) is 5.03. The molecular formula is C12H27N3. The zero-order chi connectivity index (χ0) is 11.3. The van der Waals surface area contributed by atoms with E-state index < -0.39 is 0 Å². The summed E-state index contributed by atoms with van der Waals surface area (Å²) >= 11 is 0. The molecule has 0 aromatic carbocycles. The molecule has 0 unspecified atom stereocenters. The predicted octanol–water partition coefficient (Wildman–Crippen LogP) is 1.05. The lowest BCUT2D eigenvalue weighted by atomic mass is 9.92.